The van der Waals surface area contributed by atoms with E-state index in [1.807, 2.05) is 12.1 Å². The number of esters is 1. The molecule has 1 aromatic carbocycles. The van der Waals surface area contributed by atoms with Gasteiger partial charge in [-0.25, -0.2) is 4.79 Å². The molecule has 0 amide bonds. The van der Waals surface area contributed by atoms with E-state index in [-0.39, 0.29) is 0 Å². The van der Waals surface area contributed by atoms with Gasteiger partial charge in [0.1, 0.15) is 0 Å². The molecule has 0 aromatic heterocycles. The second-order valence-electron chi connectivity index (χ2n) is 2.49. The van der Waals surface area contributed by atoms with Crippen molar-refractivity contribution < 1.29 is 9.53 Å². The van der Waals surface area contributed by atoms with Crippen molar-refractivity contribution in [2.75, 3.05) is 7.11 Å². The molecule has 0 spiro atoms. The van der Waals surface area contributed by atoms with Crippen molar-refractivity contribution in [3.05, 3.63) is 39.3 Å². The molecular weight excluding hydrogens is 267 g/mol. The third-order valence-corrected chi connectivity index (χ3v) is 2.61. The van der Waals surface area contributed by atoms with Crippen molar-refractivity contribution in [3.63, 3.8) is 0 Å². The molecular formula is C10H8BrClO2. The Bertz CT molecular complexity index is 354. The Hall–Kier alpha value is -0.800. The lowest BCUT2D eigenvalue weighted by atomic mass is 10.2. The third-order valence-electron chi connectivity index (χ3n) is 1.59. The average Bonchev–Trinajstić information content (AvgIpc) is 2.16. The first kappa shape index (κ1) is 11.3. The fraction of sp³-hybridized carbons (Fsp3) is 0.100. The minimum atomic E-state index is -0.406. The van der Waals surface area contributed by atoms with Gasteiger partial charge in [0.15, 0.2) is 0 Å². The van der Waals surface area contributed by atoms with Crippen LogP contribution in [-0.2, 0) is 9.53 Å². The molecule has 2 nitrogen and oxygen atoms in total. The van der Waals surface area contributed by atoms with Gasteiger partial charge in [0, 0.05) is 21.1 Å². The molecule has 0 unspecified atom stereocenters. The van der Waals surface area contributed by atoms with Crippen LogP contribution in [0, 0.1) is 0 Å². The van der Waals surface area contributed by atoms with Crippen LogP contribution in [-0.4, -0.2) is 13.1 Å². The van der Waals surface area contributed by atoms with E-state index in [0.717, 1.165) is 10.0 Å². The van der Waals surface area contributed by atoms with Gasteiger partial charge in [-0.3, -0.25) is 0 Å². The van der Waals surface area contributed by atoms with Crippen molar-refractivity contribution in [2.45, 2.75) is 0 Å². The maximum absolute atomic E-state index is 10.8. The molecule has 0 radical (unpaired) electrons. The molecule has 0 fully saturated rings. The van der Waals surface area contributed by atoms with Gasteiger partial charge in [0.25, 0.3) is 0 Å². The third kappa shape index (κ3) is 2.86. The second-order valence-corrected chi connectivity index (χ2v) is 3.75. The zero-order valence-corrected chi connectivity index (χ0v) is 9.80. The molecule has 1 aromatic rings. The normalized spacial score (nSPS) is 10.5. The summed E-state index contributed by atoms with van der Waals surface area (Å²) in [6, 6.07) is 5.42. The van der Waals surface area contributed by atoms with Crippen LogP contribution in [0.3, 0.4) is 0 Å². The highest BCUT2D eigenvalue weighted by molar-refractivity contribution is 9.10. The quantitative estimate of drug-likeness (QED) is 0.611. The Morgan fingerprint density at radius 2 is 2.29 bits per heavy atom. The van der Waals surface area contributed by atoms with Gasteiger partial charge in [-0.15, -0.1) is 0 Å². The van der Waals surface area contributed by atoms with Gasteiger partial charge < -0.3 is 4.74 Å². The molecule has 0 atom stereocenters. The lowest BCUT2D eigenvalue weighted by Crippen LogP contribution is -1.93. The van der Waals surface area contributed by atoms with Gasteiger partial charge >= 0.3 is 5.97 Å². The van der Waals surface area contributed by atoms with Crippen molar-refractivity contribution in [1.82, 2.24) is 0 Å². The summed E-state index contributed by atoms with van der Waals surface area (Å²) in [4.78, 5) is 10.8. The zero-order valence-electron chi connectivity index (χ0n) is 7.46. The molecule has 1 rings (SSSR count). The second kappa shape index (κ2) is 5.17. The molecule has 0 heterocycles. The first-order valence-electron chi connectivity index (χ1n) is 3.85. The number of ether oxygens (including phenoxy) is 1. The van der Waals surface area contributed by atoms with Gasteiger partial charge in [0.05, 0.1) is 7.11 Å². The van der Waals surface area contributed by atoms with Crippen LogP contribution >= 0.6 is 27.5 Å². The topological polar surface area (TPSA) is 26.3 Å². The SMILES string of the molecule is COC(=O)C=Cc1c(Cl)cccc1Br. The molecule has 0 aliphatic heterocycles. The standard InChI is InChI=1S/C10H8BrClO2/c1-14-10(13)6-5-7-8(11)3-2-4-9(7)12/h2-6H,1H3. The summed E-state index contributed by atoms with van der Waals surface area (Å²) < 4.78 is 5.31. The molecule has 0 N–H and O–H groups in total. The average molecular weight is 276 g/mol. The summed E-state index contributed by atoms with van der Waals surface area (Å²) in [5, 5.41) is 0.583. The maximum Gasteiger partial charge on any atom is 0.330 e. The van der Waals surface area contributed by atoms with E-state index in [1.54, 1.807) is 12.1 Å². The Morgan fingerprint density at radius 3 is 2.86 bits per heavy atom. The number of halogens is 2. The fourth-order valence-electron chi connectivity index (χ4n) is 0.889. The van der Waals surface area contributed by atoms with Gasteiger partial charge in [-0.1, -0.05) is 33.6 Å². The summed E-state index contributed by atoms with van der Waals surface area (Å²) in [7, 11) is 1.33. The van der Waals surface area contributed by atoms with Crippen LogP contribution < -0.4 is 0 Å². The largest absolute Gasteiger partial charge is 0.466 e. The van der Waals surface area contributed by atoms with Crippen LogP contribution in [0.2, 0.25) is 5.02 Å². The van der Waals surface area contributed by atoms with E-state index in [1.165, 1.54) is 13.2 Å². The summed E-state index contributed by atoms with van der Waals surface area (Å²) in [5.74, 6) is -0.406. The highest BCUT2D eigenvalue weighted by atomic mass is 79.9. The first-order chi connectivity index (χ1) is 6.65. The monoisotopic (exact) mass is 274 g/mol. The number of carbonyl (C=O) groups excluding carboxylic acids is 1. The number of methoxy groups -OCH3 is 1. The van der Waals surface area contributed by atoms with Crippen LogP contribution in [0.25, 0.3) is 6.08 Å². The molecule has 0 aliphatic carbocycles. The van der Waals surface area contributed by atoms with E-state index in [0.29, 0.717) is 5.02 Å². The molecule has 0 bridgehead atoms. The maximum atomic E-state index is 10.8. The zero-order chi connectivity index (χ0) is 10.6. The predicted molar refractivity (Wildman–Crippen MR) is 60.2 cm³/mol. The number of rotatable bonds is 2. The first-order valence-corrected chi connectivity index (χ1v) is 5.02. The van der Waals surface area contributed by atoms with E-state index in [9.17, 15) is 4.79 Å². The lowest BCUT2D eigenvalue weighted by Gasteiger charge is -2.00. The molecule has 14 heavy (non-hydrogen) atoms. The van der Waals surface area contributed by atoms with Crippen molar-refractivity contribution in [3.8, 4) is 0 Å². The molecule has 0 aliphatic rings. The van der Waals surface area contributed by atoms with E-state index >= 15 is 0 Å². The van der Waals surface area contributed by atoms with Crippen LogP contribution in [0.4, 0.5) is 0 Å². The number of hydrogen-bond donors (Lipinski definition) is 0. The van der Waals surface area contributed by atoms with Crippen LogP contribution in [0.5, 0.6) is 0 Å². The molecule has 0 saturated carbocycles. The summed E-state index contributed by atoms with van der Waals surface area (Å²) in [6.07, 6.45) is 2.93. The summed E-state index contributed by atoms with van der Waals surface area (Å²) in [6.45, 7) is 0. The van der Waals surface area contributed by atoms with Gasteiger partial charge in [-0.2, -0.15) is 0 Å². The number of hydrogen-bond acceptors (Lipinski definition) is 2. The Kier molecular flexibility index (Phi) is 4.17. The number of carbonyl (C=O) groups is 1. The number of benzene rings is 1. The Morgan fingerprint density at radius 1 is 1.57 bits per heavy atom. The fourth-order valence-corrected chi connectivity index (χ4v) is 1.74. The predicted octanol–water partition coefficient (Wildman–Crippen LogP) is 3.29. The lowest BCUT2D eigenvalue weighted by molar-refractivity contribution is -0.134. The minimum absolute atomic E-state index is 0.406. The minimum Gasteiger partial charge on any atom is -0.466 e. The van der Waals surface area contributed by atoms with Gasteiger partial charge in [0.2, 0.25) is 0 Å². The molecule has 74 valence electrons. The van der Waals surface area contributed by atoms with Gasteiger partial charge in [-0.05, 0) is 18.2 Å². The van der Waals surface area contributed by atoms with E-state index in [2.05, 4.69) is 20.7 Å². The van der Waals surface area contributed by atoms with Crippen LogP contribution in [0.15, 0.2) is 28.7 Å². The Labute approximate surface area is 95.6 Å². The summed E-state index contributed by atoms with van der Waals surface area (Å²) >= 11 is 9.25. The van der Waals surface area contributed by atoms with Crippen LogP contribution in [0.1, 0.15) is 5.56 Å². The Balaban J connectivity index is 2.96. The highest BCUT2D eigenvalue weighted by Gasteiger charge is 2.01. The smallest absolute Gasteiger partial charge is 0.330 e. The molecule has 0 saturated heterocycles. The summed E-state index contributed by atoms with van der Waals surface area (Å²) in [5.41, 5.74) is 0.763. The highest BCUT2D eigenvalue weighted by Crippen LogP contribution is 2.25. The molecule has 4 heteroatoms. The van der Waals surface area contributed by atoms with E-state index in [4.69, 9.17) is 11.6 Å². The van der Waals surface area contributed by atoms with Crippen molar-refractivity contribution in [1.29, 1.82) is 0 Å². The van der Waals surface area contributed by atoms with Crippen molar-refractivity contribution >= 4 is 39.6 Å². The van der Waals surface area contributed by atoms with E-state index < -0.39 is 5.97 Å². The van der Waals surface area contributed by atoms with Crippen molar-refractivity contribution in [2.24, 2.45) is 0 Å².